The van der Waals surface area contributed by atoms with E-state index in [9.17, 15) is 4.79 Å². The smallest absolute Gasteiger partial charge is 0.224 e. The van der Waals surface area contributed by atoms with E-state index in [1.807, 2.05) is 24.3 Å². The molecule has 1 saturated heterocycles. The molecule has 0 saturated carbocycles. The summed E-state index contributed by atoms with van der Waals surface area (Å²) in [5.41, 5.74) is 1.65. The average molecular weight is 365 g/mol. The van der Waals surface area contributed by atoms with Crippen molar-refractivity contribution in [3.05, 3.63) is 24.3 Å². The van der Waals surface area contributed by atoms with Gasteiger partial charge in [0.1, 0.15) is 0 Å². The average Bonchev–Trinajstić information content (AvgIpc) is 3.02. The molecule has 1 amide bonds. The van der Waals surface area contributed by atoms with Crippen LogP contribution < -0.4 is 10.6 Å². The van der Waals surface area contributed by atoms with E-state index < -0.39 is 0 Å². The molecule has 0 spiro atoms. The van der Waals surface area contributed by atoms with E-state index in [1.165, 1.54) is 12.8 Å². The number of nitrogens with one attached hydrogen (secondary N) is 2. The molecule has 1 fully saturated rings. The lowest BCUT2D eigenvalue weighted by atomic mass is 9.85. The predicted octanol–water partition coefficient (Wildman–Crippen LogP) is 2.26. The minimum atomic E-state index is 0. The maximum Gasteiger partial charge on any atom is 0.224 e. The van der Waals surface area contributed by atoms with Gasteiger partial charge in [-0.1, -0.05) is 19.1 Å². The topological polar surface area (TPSA) is 84.7 Å². The van der Waals surface area contributed by atoms with E-state index >= 15 is 0 Å². The largest absolute Gasteiger partial charge is 0.326 e. The molecule has 2 aromatic rings. The van der Waals surface area contributed by atoms with Crippen molar-refractivity contribution in [2.24, 2.45) is 18.9 Å². The number of amides is 1. The van der Waals surface area contributed by atoms with E-state index in [2.05, 4.69) is 33.1 Å². The third-order valence-electron chi connectivity index (χ3n) is 4.67. The van der Waals surface area contributed by atoms with Gasteiger partial charge in [0.25, 0.3) is 0 Å². The number of carbonyl (C=O) groups excluding carboxylic acids is 1. The second-order valence-corrected chi connectivity index (χ2v) is 6.54. The van der Waals surface area contributed by atoms with Gasteiger partial charge in [0.15, 0.2) is 5.82 Å². The zero-order valence-corrected chi connectivity index (χ0v) is 15.4. The van der Waals surface area contributed by atoms with Crippen LogP contribution in [0.15, 0.2) is 24.3 Å². The number of piperidine rings is 1. The molecule has 0 bridgehead atoms. The molecule has 8 heteroatoms. The first kappa shape index (κ1) is 19.3. The van der Waals surface area contributed by atoms with Crippen molar-refractivity contribution < 1.29 is 4.79 Å². The number of anilines is 1. The number of hydrogen-bond donors (Lipinski definition) is 2. The fourth-order valence-corrected chi connectivity index (χ4v) is 3.25. The Morgan fingerprint density at radius 1 is 1.48 bits per heavy atom. The summed E-state index contributed by atoms with van der Waals surface area (Å²) in [6.45, 7) is 4.28. The highest BCUT2D eigenvalue weighted by Gasteiger charge is 2.22. The van der Waals surface area contributed by atoms with E-state index in [0.717, 1.165) is 24.3 Å². The third-order valence-corrected chi connectivity index (χ3v) is 4.67. The summed E-state index contributed by atoms with van der Waals surface area (Å²) in [6.07, 6.45) is 2.95. The van der Waals surface area contributed by atoms with Crippen LogP contribution in [-0.2, 0) is 11.8 Å². The second-order valence-electron chi connectivity index (χ2n) is 6.54. The highest BCUT2D eigenvalue weighted by Crippen LogP contribution is 2.24. The minimum absolute atomic E-state index is 0. The Hall–Kier alpha value is -1.99. The Labute approximate surface area is 154 Å². The van der Waals surface area contributed by atoms with Crippen LogP contribution in [0.25, 0.3) is 11.4 Å². The maximum absolute atomic E-state index is 12.4. The number of nitrogens with zero attached hydrogens (tertiary/aromatic N) is 4. The van der Waals surface area contributed by atoms with Gasteiger partial charge in [0, 0.05) is 24.7 Å². The van der Waals surface area contributed by atoms with Crippen molar-refractivity contribution in [2.75, 3.05) is 18.4 Å². The van der Waals surface area contributed by atoms with Gasteiger partial charge in [0.2, 0.25) is 5.91 Å². The lowest BCUT2D eigenvalue weighted by molar-refractivity contribution is -0.117. The van der Waals surface area contributed by atoms with E-state index in [1.54, 1.807) is 11.7 Å². The molecule has 7 nitrogen and oxygen atoms in total. The molecular formula is C17H25ClN6O. The maximum atomic E-state index is 12.4. The fourth-order valence-electron chi connectivity index (χ4n) is 3.25. The molecule has 3 rings (SSSR count). The van der Waals surface area contributed by atoms with E-state index in [0.29, 0.717) is 24.1 Å². The molecule has 2 atom stereocenters. The zero-order chi connectivity index (χ0) is 16.9. The summed E-state index contributed by atoms with van der Waals surface area (Å²) in [5, 5.41) is 17.9. The lowest BCUT2D eigenvalue weighted by Crippen LogP contribution is -2.34. The fraction of sp³-hybridized carbons (Fsp3) is 0.529. The molecule has 0 aliphatic carbocycles. The Balaban J connectivity index is 0.00000225. The number of aryl methyl sites for hydroxylation is 1. The zero-order valence-electron chi connectivity index (χ0n) is 14.6. The number of aromatic nitrogens is 4. The van der Waals surface area contributed by atoms with Gasteiger partial charge in [0.05, 0.1) is 0 Å². The highest BCUT2D eigenvalue weighted by atomic mass is 35.5. The van der Waals surface area contributed by atoms with Crippen molar-refractivity contribution >= 4 is 24.0 Å². The molecule has 1 aliphatic rings. The summed E-state index contributed by atoms with van der Waals surface area (Å²) in [6, 6.07) is 7.61. The van der Waals surface area contributed by atoms with Crippen LogP contribution in [0.1, 0.15) is 26.2 Å². The number of tetrazole rings is 1. The van der Waals surface area contributed by atoms with Crippen LogP contribution in [0.5, 0.6) is 0 Å². The summed E-state index contributed by atoms with van der Waals surface area (Å²) in [7, 11) is 1.79. The monoisotopic (exact) mass is 364 g/mol. The van der Waals surface area contributed by atoms with E-state index in [-0.39, 0.29) is 18.3 Å². The molecule has 1 aromatic carbocycles. The van der Waals surface area contributed by atoms with Crippen molar-refractivity contribution in [3.63, 3.8) is 0 Å². The molecule has 0 radical (unpaired) electrons. The van der Waals surface area contributed by atoms with Crippen molar-refractivity contribution in [1.29, 1.82) is 0 Å². The SMILES string of the molecule is CC(CC(=O)Nc1cccc(-c2nnnn2C)c1)C1CCCNC1.Cl. The van der Waals surface area contributed by atoms with Gasteiger partial charge in [-0.2, -0.15) is 0 Å². The molecule has 1 aromatic heterocycles. The molecule has 1 aliphatic heterocycles. The molecule has 2 N–H and O–H groups in total. The quantitative estimate of drug-likeness (QED) is 0.850. The standard InChI is InChI=1S/C17H24N6O.ClH/c1-12(14-6-4-8-18-11-14)9-16(24)19-15-7-3-5-13(10-15)17-20-21-22-23(17)2;/h3,5,7,10,12,14,18H,4,6,8-9,11H2,1-2H3,(H,19,24);1H. The van der Waals surface area contributed by atoms with Crippen molar-refractivity contribution in [2.45, 2.75) is 26.2 Å². The summed E-state index contributed by atoms with van der Waals surface area (Å²) in [5.74, 6) is 1.69. The van der Waals surface area contributed by atoms with Crippen molar-refractivity contribution in [3.8, 4) is 11.4 Å². The molecule has 2 heterocycles. The number of rotatable bonds is 5. The molecule has 2 unspecified atom stereocenters. The number of halogens is 1. The van der Waals surface area contributed by atoms with E-state index in [4.69, 9.17) is 0 Å². The number of carbonyl (C=O) groups is 1. The molecule has 136 valence electrons. The summed E-state index contributed by atoms with van der Waals surface area (Å²) in [4.78, 5) is 12.4. The second kappa shape index (κ2) is 8.92. The predicted molar refractivity (Wildman–Crippen MR) is 99.5 cm³/mol. The normalized spacial score (nSPS) is 18.2. The van der Waals surface area contributed by atoms with Gasteiger partial charge in [-0.3, -0.25) is 4.79 Å². The summed E-state index contributed by atoms with van der Waals surface area (Å²) >= 11 is 0. The first-order valence-electron chi connectivity index (χ1n) is 8.47. The van der Waals surface area contributed by atoms with Gasteiger partial charge >= 0.3 is 0 Å². The first-order valence-corrected chi connectivity index (χ1v) is 8.47. The van der Waals surface area contributed by atoms with Crippen LogP contribution in [0.4, 0.5) is 5.69 Å². The van der Waals surface area contributed by atoms with Crippen LogP contribution >= 0.6 is 12.4 Å². The van der Waals surface area contributed by atoms with Crippen molar-refractivity contribution in [1.82, 2.24) is 25.5 Å². The Morgan fingerprint density at radius 3 is 3.00 bits per heavy atom. The van der Waals surface area contributed by atoms with Gasteiger partial charge in [-0.05, 0) is 60.3 Å². The lowest BCUT2D eigenvalue weighted by Gasteiger charge is -2.28. The minimum Gasteiger partial charge on any atom is -0.326 e. The van der Waals surface area contributed by atoms with Crippen LogP contribution in [0.3, 0.4) is 0 Å². The third kappa shape index (κ3) is 4.99. The van der Waals surface area contributed by atoms with Gasteiger partial charge in [-0.15, -0.1) is 17.5 Å². The Morgan fingerprint density at radius 2 is 2.32 bits per heavy atom. The highest BCUT2D eigenvalue weighted by molar-refractivity contribution is 5.91. The first-order chi connectivity index (χ1) is 11.6. The molecular weight excluding hydrogens is 340 g/mol. The van der Waals surface area contributed by atoms with Crippen LogP contribution in [0, 0.1) is 11.8 Å². The van der Waals surface area contributed by atoms with Crippen LogP contribution in [-0.4, -0.2) is 39.2 Å². The summed E-state index contributed by atoms with van der Waals surface area (Å²) < 4.78 is 1.61. The molecule has 25 heavy (non-hydrogen) atoms. The van der Waals surface area contributed by atoms with Gasteiger partial charge < -0.3 is 10.6 Å². The number of hydrogen-bond acceptors (Lipinski definition) is 5. The number of benzene rings is 1. The van der Waals surface area contributed by atoms with Crippen LogP contribution in [0.2, 0.25) is 0 Å². The van der Waals surface area contributed by atoms with Gasteiger partial charge in [-0.25, -0.2) is 4.68 Å². The Bertz CT molecular complexity index is 698. The Kier molecular flexibility index (Phi) is 6.90.